The van der Waals surface area contributed by atoms with Crippen LogP contribution in [0.2, 0.25) is 0 Å². The summed E-state index contributed by atoms with van der Waals surface area (Å²) in [5.41, 5.74) is 4.21. The molecule has 0 aromatic heterocycles. The monoisotopic (exact) mass is 261 g/mol. The van der Waals surface area contributed by atoms with E-state index in [1.807, 2.05) is 7.05 Å². The first-order valence-corrected chi connectivity index (χ1v) is 7.22. The van der Waals surface area contributed by atoms with Gasteiger partial charge in [0, 0.05) is 31.4 Å². The molecule has 0 amide bonds. The second-order valence-electron chi connectivity index (χ2n) is 5.89. The van der Waals surface area contributed by atoms with E-state index in [4.69, 9.17) is 0 Å². The number of para-hydroxylation sites is 1. The maximum atomic E-state index is 3.34. The molecule has 1 saturated heterocycles. The number of benzene rings is 1. The molecule has 0 saturated carbocycles. The molecule has 0 spiro atoms. The molecule has 1 N–H and O–H groups in total. The highest BCUT2D eigenvalue weighted by atomic mass is 15.3. The molecule has 0 radical (unpaired) electrons. The number of anilines is 1. The Balaban J connectivity index is 2.33. The van der Waals surface area contributed by atoms with Crippen molar-refractivity contribution in [1.29, 1.82) is 0 Å². The van der Waals surface area contributed by atoms with Crippen LogP contribution in [0, 0.1) is 13.8 Å². The molecule has 19 heavy (non-hydrogen) atoms. The molecule has 2 atom stereocenters. The summed E-state index contributed by atoms with van der Waals surface area (Å²) < 4.78 is 0. The molecule has 1 aromatic carbocycles. The standard InChI is InChI=1S/C16H27N3/c1-12-7-6-8-13(2)16(12)19-10-14(3)18(5)11-15(19)9-17-4/h6-8,14-15,17H,9-11H2,1-5H3. The molecule has 2 rings (SSSR count). The van der Waals surface area contributed by atoms with Crippen molar-refractivity contribution < 1.29 is 0 Å². The van der Waals surface area contributed by atoms with Crippen LogP contribution >= 0.6 is 0 Å². The van der Waals surface area contributed by atoms with Crippen molar-refractivity contribution in [3.05, 3.63) is 29.3 Å². The minimum Gasteiger partial charge on any atom is -0.364 e. The van der Waals surface area contributed by atoms with Crippen LogP contribution in [0.3, 0.4) is 0 Å². The molecule has 0 aliphatic carbocycles. The SMILES string of the molecule is CNCC1CN(C)C(C)CN1c1c(C)cccc1C. The highest BCUT2D eigenvalue weighted by molar-refractivity contribution is 5.60. The van der Waals surface area contributed by atoms with Crippen molar-refractivity contribution in [1.82, 2.24) is 10.2 Å². The van der Waals surface area contributed by atoms with Gasteiger partial charge in [-0.15, -0.1) is 0 Å². The van der Waals surface area contributed by atoms with E-state index in [0.717, 1.165) is 19.6 Å². The van der Waals surface area contributed by atoms with Gasteiger partial charge < -0.3 is 10.2 Å². The van der Waals surface area contributed by atoms with Crippen molar-refractivity contribution in [2.45, 2.75) is 32.9 Å². The predicted octanol–water partition coefficient (Wildman–Crippen LogP) is 2.03. The molecule has 2 unspecified atom stereocenters. The van der Waals surface area contributed by atoms with Gasteiger partial charge >= 0.3 is 0 Å². The van der Waals surface area contributed by atoms with Gasteiger partial charge in [-0.1, -0.05) is 18.2 Å². The second kappa shape index (κ2) is 5.93. The Kier molecular flexibility index (Phi) is 4.48. The molecule has 1 aromatic rings. The van der Waals surface area contributed by atoms with Gasteiger partial charge in [0.1, 0.15) is 0 Å². The zero-order chi connectivity index (χ0) is 14.0. The Morgan fingerprint density at radius 2 is 1.84 bits per heavy atom. The average molecular weight is 261 g/mol. The maximum Gasteiger partial charge on any atom is 0.0542 e. The van der Waals surface area contributed by atoms with Crippen molar-refractivity contribution in [2.24, 2.45) is 0 Å². The fraction of sp³-hybridized carbons (Fsp3) is 0.625. The van der Waals surface area contributed by atoms with Gasteiger partial charge in [0.2, 0.25) is 0 Å². The Labute approximate surface area is 117 Å². The van der Waals surface area contributed by atoms with E-state index >= 15 is 0 Å². The average Bonchev–Trinajstić information content (AvgIpc) is 2.35. The second-order valence-corrected chi connectivity index (χ2v) is 5.89. The largest absolute Gasteiger partial charge is 0.364 e. The summed E-state index contributed by atoms with van der Waals surface area (Å²) in [5, 5.41) is 3.34. The van der Waals surface area contributed by atoms with E-state index in [2.05, 4.69) is 61.1 Å². The Morgan fingerprint density at radius 3 is 2.42 bits per heavy atom. The van der Waals surface area contributed by atoms with Crippen molar-refractivity contribution >= 4 is 5.69 Å². The summed E-state index contributed by atoms with van der Waals surface area (Å²) in [4.78, 5) is 5.07. The highest BCUT2D eigenvalue weighted by Gasteiger charge is 2.30. The van der Waals surface area contributed by atoms with Crippen LogP contribution in [0.5, 0.6) is 0 Å². The van der Waals surface area contributed by atoms with Crippen LogP contribution in [0.25, 0.3) is 0 Å². The van der Waals surface area contributed by atoms with E-state index in [-0.39, 0.29) is 0 Å². The third-order valence-corrected chi connectivity index (χ3v) is 4.32. The number of rotatable bonds is 3. The lowest BCUT2D eigenvalue weighted by molar-refractivity contribution is 0.198. The lowest BCUT2D eigenvalue weighted by atomic mass is 10.0. The van der Waals surface area contributed by atoms with Gasteiger partial charge in [0.25, 0.3) is 0 Å². The summed E-state index contributed by atoms with van der Waals surface area (Å²) in [6.07, 6.45) is 0. The molecule has 106 valence electrons. The number of nitrogens with zero attached hydrogens (tertiary/aromatic N) is 2. The lowest BCUT2D eigenvalue weighted by Crippen LogP contribution is -2.59. The quantitative estimate of drug-likeness (QED) is 0.898. The molecular weight excluding hydrogens is 234 g/mol. The number of nitrogens with one attached hydrogen (secondary N) is 1. The molecular formula is C16H27N3. The Morgan fingerprint density at radius 1 is 1.21 bits per heavy atom. The molecule has 1 aliphatic heterocycles. The fourth-order valence-corrected chi connectivity index (χ4v) is 3.13. The van der Waals surface area contributed by atoms with Gasteiger partial charge in [0.05, 0.1) is 6.04 Å². The van der Waals surface area contributed by atoms with Crippen LogP contribution in [0.15, 0.2) is 18.2 Å². The zero-order valence-electron chi connectivity index (χ0n) is 12.9. The van der Waals surface area contributed by atoms with Crippen LogP contribution < -0.4 is 10.2 Å². The summed E-state index contributed by atoms with van der Waals surface area (Å²) in [5.74, 6) is 0. The van der Waals surface area contributed by atoms with Crippen molar-refractivity contribution in [3.8, 4) is 0 Å². The van der Waals surface area contributed by atoms with E-state index in [1.54, 1.807) is 0 Å². The van der Waals surface area contributed by atoms with Gasteiger partial charge in [-0.2, -0.15) is 0 Å². The van der Waals surface area contributed by atoms with Crippen LogP contribution in [-0.2, 0) is 0 Å². The molecule has 3 nitrogen and oxygen atoms in total. The van der Waals surface area contributed by atoms with E-state index in [0.29, 0.717) is 12.1 Å². The Bertz CT molecular complexity index is 410. The molecule has 0 bridgehead atoms. The predicted molar refractivity (Wildman–Crippen MR) is 83.1 cm³/mol. The fourth-order valence-electron chi connectivity index (χ4n) is 3.13. The van der Waals surface area contributed by atoms with Gasteiger partial charge in [0.15, 0.2) is 0 Å². The topological polar surface area (TPSA) is 18.5 Å². The molecule has 1 fully saturated rings. The molecule has 3 heteroatoms. The van der Waals surface area contributed by atoms with Gasteiger partial charge in [-0.3, -0.25) is 4.90 Å². The third-order valence-electron chi connectivity index (χ3n) is 4.32. The highest BCUT2D eigenvalue weighted by Crippen LogP contribution is 2.29. The zero-order valence-corrected chi connectivity index (χ0v) is 12.9. The van der Waals surface area contributed by atoms with Crippen molar-refractivity contribution in [3.63, 3.8) is 0 Å². The first kappa shape index (κ1) is 14.4. The number of piperazine rings is 1. The molecule has 1 aliphatic rings. The first-order valence-electron chi connectivity index (χ1n) is 7.22. The number of hydrogen-bond donors (Lipinski definition) is 1. The van der Waals surface area contributed by atoms with Gasteiger partial charge in [-0.25, -0.2) is 0 Å². The van der Waals surface area contributed by atoms with Crippen LogP contribution in [0.4, 0.5) is 5.69 Å². The van der Waals surface area contributed by atoms with Gasteiger partial charge in [-0.05, 0) is 46.0 Å². The number of hydrogen-bond acceptors (Lipinski definition) is 3. The molecule has 1 heterocycles. The lowest BCUT2D eigenvalue weighted by Gasteiger charge is -2.46. The van der Waals surface area contributed by atoms with Crippen LogP contribution in [0.1, 0.15) is 18.1 Å². The summed E-state index contributed by atoms with van der Waals surface area (Å²) in [6, 6.07) is 7.75. The maximum absolute atomic E-state index is 3.34. The normalized spacial score (nSPS) is 24.8. The summed E-state index contributed by atoms with van der Waals surface area (Å²) >= 11 is 0. The first-order chi connectivity index (χ1) is 9.04. The number of aryl methyl sites for hydroxylation is 2. The third kappa shape index (κ3) is 2.93. The number of likely N-dealkylation sites (N-methyl/N-ethyl adjacent to an activating group) is 2. The van der Waals surface area contributed by atoms with E-state index in [1.165, 1.54) is 16.8 Å². The summed E-state index contributed by atoms with van der Waals surface area (Å²) in [7, 11) is 4.27. The van der Waals surface area contributed by atoms with Crippen LogP contribution in [-0.4, -0.2) is 50.7 Å². The Hall–Kier alpha value is -1.06. The minimum atomic E-state index is 0.547. The summed E-state index contributed by atoms with van der Waals surface area (Å²) in [6.45, 7) is 10.0. The van der Waals surface area contributed by atoms with E-state index in [9.17, 15) is 0 Å². The minimum absolute atomic E-state index is 0.547. The van der Waals surface area contributed by atoms with Crippen molar-refractivity contribution in [2.75, 3.05) is 38.6 Å². The van der Waals surface area contributed by atoms with E-state index < -0.39 is 0 Å². The smallest absolute Gasteiger partial charge is 0.0542 e.